The Morgan fingerprint density at radius 2 is 1.65 bits per heavy atom. The van der Waals surface area contributed by atoms with Crippen molar-refractivity contribution in [1.82, 2.24) is 29.5 Å². The van der Waals surface area contributed by atoms with Gasteiger partial charge in [-0.15, -0.1) is 0 Å². The van der Waals surface area contributed by atoms with E-state index >= 15 is 0 Å². The quantitative estimate of drug-likeness (QED) is 0.180. The molecule has 48 heavy (non-hydrogen) atoms. The van der Waals surface area contributed by atoms with Crippen LogP contribution in [0.2, 0.25) is 0 Å². The number of nitro groups is 1. The molecule has 1 saturated heterocycles. The number of nitro benzene ring substituents is 1. The Labute approximate surface area is 278 Å². The average Bonchev–Trinajstić information content (AvgIpc) is 3.45. The maximum Gasteiger partial charge on any atom is 0.413 e. The summed E-state index contributed by atoms with van der Waals surface area (Å²) in [5.74, 6) is 0.867. The number of nitrogens with one attached hydrogen (secondary N) is 1. The van der Waals surface area contributed by atoms with Gasteiger partial charge in [-0.3, -0.25) is 25.1 Å². The van der Waals surface area contributed by atoms with Crippen molar-refractivity contribution in [2.75, 3.05) is 31.5 Å². The number of amides is 2. The Morgan fingerprint density at radius 3 is 2.29 bits per heavy atom. The van der Waals surface area contributed by atoms with Gasteiger partial charge >= 0.3 is 11.8 Å². The number of para-hydroxylation sites is 1. The van der Waals surface area contributed by atoms with Gasteiger partial charge in [0.15, 0.2) is 11.5 Å². The van der Waals surface area contributed by atoms with Crippen molar-refractivity contribution in [3.8, 4) is 22.8 Å². The second-order valence-electron chi connectivity index (χ2n) is 13.2. The van der Waals surface area contributed by atoms with Gasteiger partial charge in [-0.2, -0.15) is 5.10 Å². The molecule has 252 valence electrons. The molecule has 0 atom stereocenters. The number of nitrogens with zero attached hydrogens (tertiary/aromatic N) is 7. The van der Waals surface area contributed by atoms with Crippen LogP contribution in [-0.2, 0) is 9.53 Å². The number of piperazine rings is 1. The molecule has 0 unspecified atom stereocenters. The van der Waals surface area contributed by atoms with Gasteiger partial charge in [0.05, 0.1) is 16.4 Å². The Balaban J connectivity index is 1.34. The highest BCUT2D eigenvalue weighted by atomic mass is 16.6. The Morgan fingerprint density at radius 1 is 0.958 bits per heavy atom. The third-order valence-electron chi connectivity index (χ3n) is 8.80. The van der Waals surface area contributed by atoms with Crippen molar-refractivity contribution in [1.29, 1.82) is 0 Å². The van der Waals surface area contributed by atoms with Crippen LogP contribution in [0.5, 0.6) is 11.5 Å². The van der Waals surface area contributed by atoms with Crippen LogP contribution in [0, 0.1) is 10.1 Å². The number of ether oxygens (including phenoxy) is 2. The van der Waals surface area contributed by atoms with Crippen molar-refractivity contribution in [3.63, 3.8) is 0 Å². The van der Waals surface area contributed by atoms with Crippen LogP contribution < -0.4 is 10.1 Å². The molecule has 0 radical (unpaired) electrons. The fraction of sp³-hybridized carbons (Fsp3) is 0.441. The molecule has 4 aromatic rings. The summed E-state index contributed by atoms with van der Waals surface area (Å²) < 4.78 is 13.2. The zero-order valence-electron chi connectivity index (χ0n) is 27.6. The Hall–Kier alpha value is -5.11. The smallest absolute Gasteiger partial charge is 0.413 e. The fourth-order valence-corrected chi connectivity index (χ4v) is 6.50. The number of aromatic nitrogens is 4. The third-order valence-corrected chi connectivity index (χ3v) is 8.80. The standard InChI is InChI=1S/C34H40N8O6/c1-22(43)39-16-18-40(19-17-39)24-11-13-25(14-12-24)41-32-29(31(35-21-36-32)37-33(44)48-34(2,3)4)30(38-41)23-10-15-28(27(20-23)42(45)46)47-26-8-6-5-7-9-26/h5-10,15,20-21,24-25H,11-14,16-19H2,1-4H3,(H,35,36,37,44). The molecule has 1 aliphatic heterocycles. The van der Waals surface area contributed by atoms with Gasteiger partial charge in [0.25, 0.3) is 0 Å². The summed E-state index contributed by atoms with van der Waals surface area (Å²) in [7, 11) is 0. The van der Waals surface area contributed by atoms with Crippen molar-refractivity contribution in [2.45, 2.75) is 71.1 Å². The van der Waals surface area contributed by atoms with Crippen molar-refractivity contribution < 1.29 is 24.0 Å². The maximum absolute atomic E-state index is 12.9. The molecule has 1 N–H and O–H groups in total. The summed E-state index contributed by atoms with van der Waals surface area (Å²) in [4.78, 5) is 49.8. The fourth-order valence-electron chi connectivity index (χ4n) is 6.50. The predicted molar refractivity (Wildman–Crippen MR) is 179 cm³/mol. The van der Waals surface area contributed by atoms with E-state index in [9.17, 15) is 19.7 Å². The summed E-state index contributed by atoms with van der Waals surface area (Å²) in [6, 6.07) is 14.0. The average molecular weight is 657 g/mol. The maximum atomic E-state index is 12.9. The summed E-state index contributed by atoms with van der Waals surface area (Å²) >= 11 is 0. The number of carbonyl (C=O) groups excluding carboxylic acids is 2. The molecule has 2 fully saturated rings. The highest BCUT2D eigenvalue weighted by molar-refractivity contribution is 6.03. The van der Waals surface area contributed by atoms with E-state index in [0.717, 1.165) is 51.9 Å². The molecule has 3 heterocycles. The first-order valence-corrected chi connectivity index (χ1v) is 16.2. The van der Waals surface area contributed by atoms with E-state index < -0.39 is 16.6 Å². The van der Waals surface area contributed by atoms with Crippen molar-refractivity contribution in [3.05, 3.63) is 65.0 Å². The minimum Gasteiger partial charge on any atom is -0.450 e. The molecular weight excluding hydrogens is 616 g/mol. The highest BCUT2D eigenvalue weighted by Crippen LogP contribution is 2.41. The van der Waals surface area contributed by atoms with E-state index in [1.165, 1.54) is 12.4 Å². The third kappa shape index (κ3) is 7.23. The molecule has 1 saturated carbocycles. The van der Waals surface area contributed by atoms with Crippen LogP contribution in [0.3, 0.4) is 0 Å². The monoisotopic (exact) mass is 656 g/mol. The van der Waals surface area contributed by atoms with Gasteiger partial charge in [0.2, 0.25) is 11.7 Å². The number of hydrogen-bond acceptors (Lipinski definition) is 10. The summed E-state index contributed by atoms with van der Waals surface area (Å²) in [5, 5.41) is 20.5. The number of carbonyl (C=O) groups is 2. The first kappa shape index (κ1) is 32.8. The predicted octanol–water partition coefficient (Wildman–Crippen LogP) is 6.19. The van der Waals surface area contributed by atoms with Crippen molar-refractivity contribution >= 4 is 34.5 Å². The lowest BCUT2D eigenvalue weighted by Crippen LogP contribution is -2.52. The minimum absolute atomic E-state index is 0.0101. The van der Waals surface area contributed by atoms with Crippen LogP contribution in [0.1, 0.15) is 59.4 Å². The van der Waals surface area contributed by atoms with E-state index in [-0.39, 0.29) is 29.2 Å². The Bertz CT molecular complexity index is 1810. The second-order valence-corrected chi connectivity index (χ2v) is 13.2. The summed E-state index contributed by atoms with van der Waals surface area (Å²) in [6.45, 7) is 10.1. The van der Waals surface area contributed by atoms with E-state index in [4.69, 9.17) is 14.6 Å². The summed E-state index contributed by atoms with van der Waals surface area (Å²) in [5.41, 5.74) is 0.383. The molecule has 2 amide bonds. The number of benzene rings is 2. The van der Waals surface area contributed by atoms with Crippen LogP contribution in [0.25, 0.3) is 22.3 Å². The molecule has 1 aliphatic carbocycles. The number of hydrogen-bond donors (Lipinski definition) is 1. The molecule has 2 aromatic heterocycles. The SMILES string of the molecule is CC(=O)N1CCN(C2CCC(n3nc(-c4ccc(Oc5ccccc5)c([N+](=O)[O-])c4)c4c(NC(=O)OC(C)(C)C)ncnc43)CC2)CC1. The second kappa shape index (κ2) is 13.6. The van der Waals surface area contributed by atoms with Gasteiger partial charge in [-0.25, -0.2) is 19.4 Å². The van der Waals surface area contributed by atoms with Gasteiger partial charge in [0.1, 0.15) is 23.4 Å². The first-order chi connectivity index (χ1) is 23.0. The van der Waals surface area contributed by atoms with Crippen LogP contribution in [0.15, 0.2) is 54.9 Å². The number of anilines is 1. The minimum atomic E-state index is -0.740. The zero-order valence-corrected chi connectivity index (χ0v) is 27.6. The van der Waals surface area contributed by atoms with E-state index in [0.29, 0.717) is 34.1 Å². The van der Waals surface area contributed by atoms with Crippen molar-refractivity contribution in [2.24, 2.45) is 0 Å². The van der Waals surface area contributed by atoms with Crippen LogP contribution in [0.4, 0.5) is 16.3 Å². The zero-order chi connectivity index (χ0) is 34.0. The van der Waals surface area contributed by atoms with E-state index in [2.05, 4.69) is 20.2 Å². The number of rotatable bonds is 7. The molecule has 6 rings (SSSR count). The molecule has 0 bridgehead atoms. The van der Waals surface area contributed by atoms with Gasteiger partial charge in [-0.05, 0) is 70.7 Å². The Kier molecular flexibility index (Phi) is 9.27. The van der Waals surface area contributed by atoms with Crippen LogP contribution in [-0.4, -0.2) is 84.3 Å². The molecule has 0 spiro atoms. The molecular formula is C34H40N8O6. The molecule has 2 aromatic carbocycles. The van der Waals surface area contributed by atoms with E-state index in [1.807, 2.05) is 15.6 Å². The van der Waals surface area contributed by atoms with Gasteiger partial charge in [-0.1, -0.05) is 18.2 Å². The number of fused-ring (bicyclic) bond motifs is 1. The topological polar surface area (TPSA) is 158 Å². The van der Waals surface area contributed by atoms with E-state index in [1.54, 1.807) is 64.1 Å². The largest absolute Gasteiger partial charge is 0.450 e. The first-order valence-electron chi connectivity index (χ1n) is 16.2. The molecule has 14 heteroatoms. The lowest BCUT2D eigenvalue weighted by Gasteiger charge is -2.41. The highest BCUT2D eigenvalue weighted by Gasteiger charge is 2.32. The van der Waals surface area contributed by atoms with Gasteiger partial charge in [0, 0.05) is 50.8 Å². The molecule has 14 nitrogen and oxygen atoms in total. The molecule has 2 aliphatic rings. The normalized spacial score (nSPS) is 18.8. The lowest BCUT2D eigenvalue weighted by atomic mass is 9.90. The van der Waals surface area contributed by atoms with Gasteiger partial charge < -0.3 is 14.4 Å². The summed E-state index contributed by atoms with van der Waals surface area (Å²) in [6.07, 6.45) is 4.27. The van der Waals surface area contributed by atoms with Crippen LogP contribution >= 0.6 is 0 Å². The lowest BCUT2D eigenvalue weighted by molar-refractivity contribution is -0.385.